The first kappa shape index (κ1) is 12.4. The second-order valence-corrected chi connectivity index (χ2v) is 5.34. The van der Waals surface area contributed by atoms with Crippen LogP contribution in [0.2, 0.25) is 0 Å². The fourth-order valence-corrected chi connectivity index (χ4v) is 2.40. The van der Waals surface area contributed by atoms with Gasteiger partial charge in [-0.05, 0) is 33.6 Å². The van der Waals surface area contributed by atoms with Crippen LogP contribution >= 0.6 is 0 Å². The standard InChI is InChI=1S/C13H24N4/c1-10(2)17-7-5-12(6-8-17)14-13-9-11(3)16(4)15-13/h9-10,12H,5-8H2,1-4H3,(H,14,15). The molecule has 1 N–H and O–H groups in total. The molecule has 17 heavy (non-hydrogen) atoms. The first-order valence-electron chi connectivity index (χ1n) is 6.57. The lowest BCUT2D eigenvalue weighted by Gasteiger charge is -2.34. The molecule has 1 aliphatic heterocycles. The van der Waals surface area contributed by atoms with E-state index in [2.05, 4.69) is 42.2 Å². The minimum Gasteiger partial charge on any atom is -0.366 e. The zero-order valence-electron chi connectivity index (χ0n) is 11.4. The van der Waals surface area contributed by atoms with E-state index in [-0.39, 0.29) is 0 Å². The second-order valence-electron chi connectivity index (χ2n) is 5.34. The number of anilines is 1. The minimum absolute atomic E-state index is 0.583. The van der Waals surface area contributed by atoms with Gasteiger partial charge in [0.15, 0.2) is 0 Å². The maximum atomic E-state index is 4.45. The van der Waals surface area contributed by atoms with Crippen molar-refractivity contribution in [3.05, 3.63) is 11.8 Å². The maximum absolute atomic E-state index is 4.45. The molecule has 0 unspecified atom stereocenters. The first-order valence-corrected chi connectivity index (χ1v) is 6.57. The SMILES string of the molecule is Cc1cc(NC2CCN(C(C)C)CC2)nn1C. The van der Waals surface area contributed by atoms with E-state index < -0.39 is 0 Å². The van der Waals surface area contributed by atoms with Crippen molar-refractivity contribution in [1.29, 1.82) is 0 Å². The third-order valence-electron chi connectivity index (χ3n) is 3.73. The van der Waals surface area contributed by atoms with Gasteiger partial charge >= 0.3 is 0 Å². The molecule has 0 spiro atoms. The highest BCUT2D eigenvalue weighted by atomic mass is 15.3. The molecule has 96 valence electrons. The third-order valence-corrected chi connectivity index (χ3v) is 3.73. The average Bonchev–Trinajstić information content (AvgIpc) is 2.58. The number of rotatable bonds is 3. The Morgan fingerprint density at radius 3 is 2.47 bits per heavy atom. The molecule has 2 heterocycles. The van der Waals surface area contributed by atoms with Crippen molar-refractivity contribution < 1.29 is 0 Å². The number of hydrogen-bond acceptors (Lipinski definition) is 3. The van der Waals surface area contributed by atoms with Crippen LogP contribution in [-0.4, -0.2) is 39.9 Å². The van der Waals surface area contributed by atoms with E-state index in [1.807, 2.05) is 11.7 Å². The number of aryl methyl sites for hydroxylation is 2. The fourth-order valence-electron chi connectivity index (χ4n) is 2.40. The van der Waals surface area contributed by atoms with E-state index in [1.54, 1.807) is 0 Å². The summed E-state index contributed by atoms with van der Waals surface area (Å²) in [7, 11) is 1.99. The molecule has 0 atom stereocenters. The highest BCUT2D eigenvalue weighted by molar-refractivity contribution is 5.36. The van der Waals surface area contributed by atoms with E-state index in [9.17, 15) is 0 Å². The van der Waals surface area contributed by atoms with E-state index in [0.29, 0.717) is 12.1 Å². The summed E-state index contributed by atoms with van der Waals surface area (Å²) in [4.78, 5) is 2.54. The molecule has 1 fully saturated rings. The van der Waals surface area contributed by atoms with Gasteiger partial charge in [-0.25, -0.2) is 0 Å². The van der Waals surface area contributed by atoms with E-state index >= 15 is 0 Å². The Labute approximate surface area is 104 Å². The van der Waals surface area contributed by atoms with E-state index in [1.165, 1.54) is 31.6 Å². The van der Waals surface area contributed by atoms with Crippen LogP contribution in [0.4, 0.5) is 5.82 Å². The predicted octanol–water partition coefficient (Wildman–Crippen LogP) is 2.01. The van der Waals surface area contributed by atoms with Crippen LogP contribution in [-0.2, 0) is 7.05 Å². The van der Waals surface area contributed by atoms with Gasteiger partial charge in [0.2, 0.25) is 0 Å². The Morgan fingerprint density at radius 1 is 1.35 bits per heavy atom. The molecule has 0 radical (unpaired) electrons. The maximum Gasteiger partial charge on any atom is 0.148 e. The van der Waals surface area contributed by atoms with Crippen LogP contribution in [0.15, 0.2) is 6.07 Å². The molecule has 1 aromatic rings. The Balaban J connectivity index is 1.86. The largest absolute Gasteiger partial charge is 0.366 e. The van der Waals surface area contributed by atoms with Crippen molar-refractivity contribution in [3.63, 3.8) is 0 Å². The number of aromatic nitrogens is 2. The fraction of sp³-hybridized carbons (Fsp3) is 0.769. The molecule has 2 rings (SSSR count). The van der Waals surface area contributed by atoms with Gasteiger partial charge in [0.25, 0.3) is 0 Å². The number of nitrogens with zero attached hydrogens (tertiary/aromatic N) is 3. The van der Waals surface area contributed by atoms with Crippen molar-refractivity contribution in [3.8, 4) is 0 Å². The van der Waals surface area contributed by atoms with Crippen molar-refractivity contribution in [2.24, 2.45) is 7.05 Å². The number of hydrogen-bond donors (Lipinski definition) is 1. The molecule has 0 bridgehead atoms. The Bertz CT molecular complexity index is 342. The minimum atomic E-state index is 0.583. The summed E-state index contributed by atoms with van der Waals surface area (Å²) in [5, 5.41) is 7.99. The molecular weight excluding hydrogens is 212 g/mol. The van der Waals surface area contributed by atoms with Crippen LogP contribution in [0, 0.1) is 6.92 Å². The average molecular weight is 236 g/mol. The quantitative estimate of drug-likeness (QED) is 0.871. The molecule has 4 heteroatoms. The van der Waals surface area contributed by atoms with Crippen LogP contribution in [0.5, 0.6) is 0 Å². The van der Waals surface area contributed by atoms with E-state index in [4.69, 9.17) is 0 Å². The molecule has 1 saturated heterocycles. The normalized spacial score (nSPS) is 18.9. The lowest BCUT2D eigenvalue weighted by molar-refractivity contribution is 0.177. The lowest BCUT2D eigenvalue weighted by atomic mass is 10.0. The Hall–Kier alpha value is -1.03. The molecule has 1 aromatic heterocycles. The lowest BCUT2D eigenvalue weighted by Crippen LogP contribution is -2.42. The summed E-state index contributed by atoms with van der Waals surface area (Å²) in [5.74, 6) is 1.02. The van der Waals surface area contributed by atoms with Crippen LogP contribution < -0.4 is 5.32 Å². The van der Waals surface area contributed by atoms with Crippen molar-refractivity contribution in [2.45, 2.75) is 45.7 Å². The topological polar surface area (TPSA) is 33.1 Å². The number of piperidine rings is 1. The van der Waals surface area contributed by atoms with Gasteiger partial charge in [0.05, 0.1) is 0 Å². The summed E-state index contributed by atoms with van der Waals surface area (Å²) in [6.45, 7) is 9.02. The van der Waals surface area contributed by atoms with Gasteiger partial charge in [-0.15, -0.1) is 0 Å². The van der Waals surface area contributed by atoms with Gasteiger partial charge < -0.3 is 10.2 Å². The molecule has 0 aromatic carbocycles. The summed E-state index contributed by atoms with van der Waals surface area (Å²) in [6.07, 6.45) is 2.43. The van der Waals surface area contributed by atoms with Crippen LogP contribution in [0.3, 0.4) is 0 Å². The molecular formula is C13H24N4. The molecule has 1 aliphatic rings. The van der Waals surface area contributed by atoms with E-state index in [0.717, 1.165) is 5.82 Å². The van der Waals surface area contributed by atoms with Gasteiger partial charge in [-0.2, -0.15) is 5.10 Å². The molecule has 0 aliphatic carbocycles. The highest BCUT2D eigenvalue weighted by Crippen LogP contribution is 2.17. The summed E-state index contributed by atoms with van der Waals surface area (Å²) >= 11 is 0. The van der Waals surface area contributed by atoms with Crippen molar-refractivity contribution in [1.82, 2.24) is 14.7 Å². The van der Waals surface area contributed by atoms with Crippen molar-refractivity contribution >= 4 is 5.82 Å². The van der Waals surface area contributed by atoms with Gasteiger partial charge in [-0.3, -0.25) is 4.68 Å². The van der Waals surface area contributed by atoms with Gasteiger partial charge in [0, 0.05) is 44.0 Å². The summed E-state index contributed by atoms with van der Waals surface area (Å²) < 4.78 is 1.92. The Morgan fingerprint density at radius 2 is 2.00 bits per heavy atom. The predicted molar refractivity (Wildman–Crippen MR) is 71.3 cm³/mol. The Kier molecular flexibility index (Phi) is 3.72. The highest BCUT2D eigenvalue weighted by Gasteiger charge is 2.21. The van der Waals surface area contributed by atoms with Crippen LogP contribution in [0.1, 0.15) is 32.4 Å². The number of likely N-dealkylation sites (tertiary alicyclic amines) is 1. The van der Waals surface area contributed by atoms with Gasteiger partial charge in [0.1, 0.15) is 5.82 Å². The summed E-state index contributed by atoms with van der Waals surface area (Å²) in [6, 6.07) is 3.38. The zero-order chi connectivity index (χ0) is 12.4. The monoisotopic (exact) mass is 236 g/mol. The molecule has 4 nitrogen and oxygen atoms in total. The van der Waals surface area contributed by atoms with Gasteiger partial charge in [-0.1, -0.05) is 0 Å². The third kappa shape index (κ3) is 3.00. The smallest absolute Gasteiger partial charge is 0.148 e. The second kappa shape index (κ2) is 5.08. The summed E-state index contributed by atoms with van der Waals surface area (Å²) in [5.41, 5.74) is 1.20. The number of nitrogens with one attached hydrogen (secondary N) is 1. The van der Waals surface area contributed by atoms with Crippen LogP contribution in [0.25, 0.3) is 0 Å². The molecule has 0 saturated carbocycles. The first-order chi connectivity index (χ1) is 8.06. The zero-order valence-corrected chi connectivity index (χ0v) is 11.4. The molecule has 0 amide bonds. The van der Waals surface area contributed by atoms with Crippen molar-refractivity contribution in [2.75, 3.05) is 18.4 Å².